The fraction of sp³-hybridized carbons (Fsp3) is 0.286. The Kier molecular flexibility index (Phi) is 3.99. The molecule has 0 fully saturated rings. The first-order valence-corrected chi connectivity index (χ1v) is 5.94. The van der Waals surface area contributed by atoms with E-state index in [2.05, 4.69) is 15.3 Å². The van der Waals surface area contributed by atoms with Crippen LogP contribution in [0.4, 0.5) is 4.39 Å². The summed E-state index contributed by atoms with van der Waals surface area (Å²) in [5.41, 5.74) is 1.94. The first-order valence-electron chi connectivity index (χ1n) is 5.94. The molecule has 2 aromatic rings. The monoisotopic (exact) mass is 245 g/mol. The van der Waals surface area contributed by atoms with Gasteiger partial charge in [0, 0.05) is 30.7 Å². The van der Waals surface area contributed by atoms with Crippen LogP contribution in [0.2, 0.25) is 0 Å². The summed E-state index contributed by atoms with van der Waals surface area (Å²) in [6, 6.07) is 6.75. The third-order valence-electron chi connectivity index (χ3n) is 2.90. The molecule has 0 saturated heterocycles. The van der Waals surface area contributed by atoms with E-state index in [-0.39, 0.29) is 17.9 Å². The van der Waals surface area contributed by atoms with E-state index in [1.54, 1.807) is 30.7 Å². The zero-order valence-electron chi connectivity index (χ0n) is 10.5. The van der Waals surface area contributed by atoms with Gasteiger partial charge in [-0.1, -0.05) is 12.1 Å². The Hall–Kier alpha value is -1.81. The van der Waals surface area contributed by atoms with Gasteiger partial charge in [-0.05, 0) is 31.5 Å². The van der Waals surface area contributed by atoms with E-state index in [0.29, 0.717) is 0 Å². The highest BCUT2D eigenvalue weighted by Crippen LogP contribution is 2.17. The topological polar surface area (TPSA) is 37.8 Å². The molecule has 0 bridgehead atoms. The third kappa shape index (κ3) is 3.11. The average molecular weight is 245 g/mol. The number of hydrogen-bond donors (Lipinski definition) is 1. The normalized spacial score (nSPS) is 14.2. The van der Waals surface area contributed by atoms with Crippen molar-refractivity contribution in [2.24, 2.45) is 0 Å². The van der Waals surface area contributed by atoms with Crippen molar-refractivity contribution in [3.63, 3.8) is 0 Å². The molecular formula is C14H16FN3. The molecule has 0 aliphatic heterocycles. The van der Waals surface area contributed by atoms with Gasteiger partial charge < -0.3 is 5.32 Å². The molecule has 2 atom stereocenters. The number of benzene rings is 1. The molecule has 3 nitrogen and oxygen atoms in total. The van der Waals surface area contributed by atoms with Crippen molar-refractivity contribution in [3.05, 3.63) is 59.9 Å². The van der Waals surface area contributed by atoms with E-state index >= 15 is 0 Å². The first-order chi connectivity index (χ1) is 8.66. The summed E-state index contributed by atoms with van der Waals surface area (Å²) in [6.45, 7) is 4.07. The van der Waals surface area contributed by atoms with Gasteiger partial charge in [-0.2, -0.15) is 0 Å². The van der Waals surface area contributed by atoms with Crippen molar-refractivity contribution in [1.29, 1.82) is 0 Å². The Bertz CT molecular complexity index is 484. The Morgan fingerprint density at radius 1 is 1.06 bits per heavy atom. The smallest absolute Gasteiger partial charge is 0.123 e. The summed E-state index contributed by atoms with van der Waals surface area (Å²) in [6.07, 6.45) is 5.07. The van der Waals surface area contributed by atoms with Crippen LogP contribution in [0, 0.1) is 5.82 Å². The molecular weight excluding hydrogens is 229 g/mol. The van der Waals surface area contributed by atoms with E-state index in [1.807, 2.05) is 13.8 Å². The minimum atomic E-state index is -0.215. The standard InChI is InChI=1S/C14H16FN3/c1-10(12-3-5-13(15)6-4-12)18-11(2)14-9-16-7-8-17-14/h3-11,18H,1-2H3/t10-,11?/m0/s1. The van der Waals surface area contributed by atoms with Gasteiger partial charge in [0.1, 0.15) is 5.82 Å². The SMILES string of the molecule is CC(N[C@@H](C)c1ccc(F)cc1)c1cnccn1. The van der Waals surface area contributed by atoms with E-state index in [9.17, 15) is 4.39 Å². The number of nitrogens with one attached hydrogen (secondary N) is 1. The molecule has 0 saturated carbocycles. The minimum Gasteiger partial charge on any atom is -0.302 e. The lowest BCUT2D eigenvalue weighted by Crippen LogP contribution is -2.23. The van der Waals surface area contributed by atoms with Gasteiger partial charge in [-0.3, -0.25) is 9.97 Å². The number of nitrogens with zero attached hydrogens (tertiary/aromatic N) is 2. The van der Waals surface area contributed by atoms with Crippen LogP contribution in [0.15, 0.2) is 42.9 Å². The maximum Gasteiger partial charge on any atom is 0.123 e. The molecule has 1 aromatic heterocycles. The summed E-state index contributed by atoms with van der Waals surface area (Å²) in [5.74, 6) is -0.215. The van der Waals surface area contributed by atoms with Gasteiger partial charge in [-0.25, -0.2) is 4.39 Å². The second-order valence-electron chi connectivity index (χ2n) is 4.29. The van der Waals surface area contributed by atoms with Crippen LogP contribution < -0.4 is 5.32 Å². The second kappa shape index (κ2) is 5.69. The zero-order chi connectivity index (χ0) is 13.0. The molecule has 0 radical (unpaired) electrons. The molecule has 1 aromatic carbocycles. The Morgan fingerprint density at radius 3 is 2.39 bits per heavy atom. The number of halogens is 1. The van der Waals surface area contributed by atoms with Gasteiger partial charge >= 0.3 is 0 Å². The van der Waals surface area contributed by atoms with Gasteiger partial charge in [0.15, 0.2) is 0 Å². The van der Waals surface area contributed by atoms with Gasteiger partial charge in [0.05, 0.1) is 5.69 Å². The van der Waals surface area contributed by atoms with Crippen molar-refractivity contribution in [1.82, 2.24) is 15.3 Å². The van der Waals surface area contributed by atoms with Gasteiger partial charge in [-0.15, -0.1) is 0 Å². The number of hydrogen-bond acceptors (Lipinski definition) is 3. The fourth-order valence-electron chi connectivity index (χ4n) is 1.84. The largest absolute Gasteiger partial charge is 0.302 e. The van der Waals surface area contributed by atoms with Crippen molar-refractivity contribution in [2.75, 3.05) is 0 Å². The van der Waals surface area contributed by atoms with Crippen LogP contribution >= 0.6 is 0 Å². The quantitative estimate of drug-likeness (QED) is 0.899. The maximum atomic E-state index is 12.8. The average Bonchev–Trinajstić information content (AvgIpc) is 2.40. The summed E-state index contributed by atoms with van der Waals surface area (Å²) >= 11 is 0. The van der Waals surface area contributed by atoms with E-state index in [4.69, 9.17) is 0 Å². The van der Waals surface area contributed by atoms with Crippen LogP contribution in [0.1, 0.15) is 37.2 Å². The highest BCUT2D eigenvalue weighted by atomic mass is 19.1. The van der Waals surface area contributed by atoms with Crippen LogP contribution in [0.5, 0.6) is 0 Å². The van der Waals surface area contributed by atoms with E-state index < -0.39 is 0 Å². The predicted molar refractivity (Wildman–Crippen MR) is 68.4 cm³/mol. The summed E-state index contributed by atoms with van der Waals surface area (Å²) in [5, 5.41) is 3.41. The lowest BCUT2D eigenvalue weighted by molar-refractivity contribution is 0.484. The fourth-order valence-corrected chi connectivity index (χ4v) is 1.84. The molecule has 1 heterocycles. The van der Waals surface area contributed by atoms with E-state index in [1.165, 1.54) is 12.1 Å². The highest BCUT2D eigenvalue weighted by Gasteiger charge is 2.12. The molecule has 0 aliphatic carbocycles. The molecule has 1 unspecified atom stereocenters. The lowest BCUT2D eigenvalue weighted by atomic mass is 10.1. The number of rotatable bonds is 4. The van der Waals surface area contributed by atoms with Crippen LogP contribution in [0.3, 0.4) is 0 Å². The minimum absolute atomic E-state index is 0.0961. The summed E-state index contributed by atoms with van der Waals surface area (Å²) < 4.78 is 12.8. The Balaban J connectivity index is 2.03. The molecule has 0 aliphatic rings. The maximum absolute atomic E-state index is 12.8. The highest BCUT2D eigenvalue weighted by molar-refractivity contribution is 5.19. The van der Waals surface area contributed by atoms with Crippen LogP contribution in [0.25, 0.3) is 0 Å². The zero-order valence-corrected chi connectivity index (χ0v) is 10.5. The lowest BCUT2D eigenvalue weighted by Gasteiger charge is -2.19. The molecule has 0 spiro atoms. The third-order valence-corrected chi connectivity index (χ3v) is 2.90. The van der Waals surface area contributed by atoms with Gasteiger partial charge in [0.25, 0.3) is 0 Å². The van der Waals surface area contributed by atoms with Gasteiger partial charge in [0.2, 0.25) is 0 Å². The molecule has 4 heteroatoms. The van der Waals surface area contributed by atoms with E-state index in [0.717, 1.165) is 11.3 Å². The Labute approximate surface area is 106 Å². The van der Waals surface area contributed by atoms with Crippen molar-refractivity contribution in [2.45, 2.75) is 25.9 Å². The number of aromatic nitrogens is 2. The molecule has 2 rings (SSSR count). The Morgan fingerprint density at radius 2 is 1.78 bits per heavy atom. The predicted octanol–water partition coefficient (Wildman–Crippen LogP) is 3.03. The van der Waals surface area contributed by atoms with Crippen molar-refractivity contribution >= 4 is 0 Å². The van der Waals surface area contributed by atoms with Crippen molar-refractivity contribution < 1.29 is 4.39 Å². The molecule has 18 heavy (non-hydrogen) atoms. The molecule has 1 N–H and O–H groups in total. The summed E-state index contributed by atoms with van der Waals surface area (Å²) in [4.78, 5) is 8.30. The second-order valence-corrected chi connectivity index (χ2v) is 4.29. The van der Waals surface area contributed by atoms with Crippen molar-refractivity contribution in [3.8, 4) is 0 Å². The summed E-state index contributed by atoms with van der Waals surface area (Å²) in [7, 11) is 0. The van der Waals surface area contributed by atoms with Crippen LogP contribution in [-0.4, -0.2) is 9.97 Å². The molecule has 94 valence electrons. The molecule has 0 amide bonds. The van der Waals surface area contributed by atoms with Crippen LogP contribution in [-0.2, 0) is 0 Å². The first kappa shape index (κ1) is 12.6.